The average molecular weight is 284 g/mol. The summed E-state index contributed by atoms with van der Waals surface area (Å²) in [5, 5.41) is 2.80. The first kappa shape index (κ1) is 14.8. The molecule has 108 valence electrons. The quantitative estimate of drug-likeness (QED) is 0.825. The highest BCUT2D eigenvalue weighted by Gasteiger charge is 2.15. The van der Waals surface area contributed by atoms with Crippen LogP contribution < -0.4 is 11.1 Å². The number of aryl methyl sites for hydroxylation is 1. The second kappa shape index (κ2) is 6.68. The minimum Gasteiger partial charge on any atom is -0.444 e. The second-order valence-corrected chi connectivity index (χ2v) is 4.47. The fourth-order valence-electron chi connectivity index (χ4n) is 1.70. The van der Waals surface area contributed by atoms with E-state index in [2.05, 4.69) is 27.1 Å². The maximum atomic E-state index is 12.2. The van der Waals surface area contributed by atoms with E-state index in [1.807, 2.05) is 0 Å². The Morgan fingerprint density at radius 2 is 2.29 bits per heavy atom. The van der Waals surface area contributed by atoms with Crippen LogP contribution in [0.3, 0.4) is 0 Å². The Labute approximate surface area is 122 Å². The maximum Gasteiger partial charge on any atom is 0.253 e. The molecule has 0 saturated carbocycles. The van der Waals surface area contributed by atoms with Crippen LogP contribution in [0.5, 0.6) is 0 Å². The number of nitrogens with two attached hydrogens (primary N) is 1. The molecule has 1 unspecified atom stereocenters. The molecule has 21 heavy (non-hydrogen) atoms. The van der Waals surface area contributed by atoms with Crippen LogP contribution in [0.1, 0.15) is 40.5 Å². The number of pyridine rings is 1. The fraction of sp³-hybridized carbons (Fsp3) is 0.267. The second-order valence-electron chi connectivity index (χ2n) is 4.47. The van der Waals surface area contributed by atoms with Crippen molar-refractivity contribution in [2.75, 3.05) is 6.54 Å². The Hall–Kier alpha value is -2.65. The van der Waals surface area contributed by atoms with E-state index in [1.165, 1.54) is 6.20 Å². The van der Waals surface area contributed by atoms with Crippen LogP contribution in [0.4, 0.5) is 0 Å². The zero-order valence-electron chi connectivity index (χ0n) is 11.9. The van der Waals surface area contributed by atoms with E-state index in [4.69, 9.17) is 10.2 Å². The third kappa shape index (κ3) is 3.91. The molecule has 3 N–H and O–H groups in total. The van der Waals surface area contributed by atoms with E-state index in [0.717, 1.165) is 0 Å². The summed E-state index contributed by atoms with van der Waals surface area (Å²) < 4.78 is 5.38. The first-order valence-corrected chi connectivity index (χ1v) is 6.47. The first-order chi connectivity index (χ1) is 10.1. The van der Waals surface area contributed by atoms with Crippen LogP contribution in [0.2, 0.25) is 0 Å². The number of oxazole rings is 1. The molecule has 0 aromatic carbocycles. The third-order valence-electron chi connectivity index (χ3n) is 2.69. The average Bonchev–Trinajstić information content (AvgIpc) is 2.92. The number of amides is 1. The Morgan fingerprint density at radius 1 is 1.48 bits per heavy atom. The Morgan fingerprint density at radius 3 is 2.95 bits per heavy atom. The van der Waals surface area contributed by atoms with Crippen LogP contribution in [0.15, 0.2) is 29.1 Å². The molecule has 2 rings (SSSR count). The monoisotopic (exact) mass is 284 g/mol. The zero-order chi connectivity index (χ0) is 15.2. The summed E-state index contributed by atoms with van der Waals surface area (Å²) in [5.74, 6) is 6.47. The highest BCUT2D eigenvalue weighted by Crippen LogP contribution is 2.13. The molecule has 1 atom stereocenters. The fourth-order valence-corrected chi connectivity index (χ4v) is 1.70. The van der Waals surface area contributed by atoms with Gasteiger partial charge >= 0.3 is 0 Å². The molecule has 0 bridgehead atoms. The van der Waals surface area contributed by atoms with Gasteiger partial charge in [0.2, 0.25) is 5.89 Å². The predicted octanol–water partition coefficient (Wildman–Crippen LogP) is 1.18. The molecule has 0 radical (unpaired) electrons. The number of nitrogens with zero attached hydrogens (tertiary/aromatic N) is 2. The van der Waals surface area contributed by atoms with Crippen molar-refractivity contribution in [3.8, 4) is 11.8 Å². The first-order valence-electron chi connectivity index (χ1n) is 6.47. The van der Waals surface area contributed by atoms with Crippen molar-refractivity contribution in [1.82, 2.24) is 15.3 Å². The highest BCUT2D eigenvalue weighted by atomic mass is 16.4. The third-order valence-corrected chi connectivity index (χ3v) is 2.69. The van der Waals surface area contributed by atoms with Gasteiger partial charge < -0.3 is 15.5 Å². The van der Waals surface area contributed by atoms with Gasteiger partial charge in [0, 0.05) is 18.0 Å². The number of rotatable bonds is 3. The topological polar surface area (TPSA) is 94.0 Å². The number of hydrogen-bond donors (Lipinski definition) is 2. The van der Waals surface area contributed by atoms with Crippen molar-refractivity contribution in [1.29, 1.82) is 0 Å². The molecule has 0 aliphatic heterocycles. The Balaban J connectivity index is 2.09. The van der Waals surface area contributed by atoms with Gasteiger partial charge in [-0.2, -0.15) is 0 Å². The minimum atomic E-state index is -0.329. The van der Waals surface area contributed by atoms with Gasteiger partial charge in [-0.1, -0.05) is 11.8 Å². The van der Waals surface area contributed by atoms with E-state index in [-0.39, 0.29) is 18.5 Å². The van der Waals surface area contributed by atoms with E-state index in [1.54, 1.807) is 32.3 Å². The van der Waals surface area contributed by atoms with Gasteiger partial charge in [-0.05, 0) is 19.9 Å². The van der Waals surface area contributed by atoms with Crippen LogP contribution in [-0.2, 0) is 0 Å². The molecule has 0 fully saturated rings. The summed E-state index contributed by atoms with van der Waals surface area (Å²) >= 11 is 0. The standard InChI is InChI=1S/C15H16N4O2/c1-10-7-18-15(21-10)11(2)19-14(20)13-6-12(4-3-5-16)8-17-9-13/h6-9,11H,5,16H2,1-2H3,(H,19,20). The number of hydrogen-bond acceptors (Lipinski definition) is 5. The van der Waals surface area contributed by atoms with Gasteiger partial charge in [-0.25, -0.2) is 4.98 Å². The normalized spacial score (nSPS) is 11.4. The Kier molecular flexibility index (Phi) is 4.69. The van der Waals surface area contributed by atoms with Crippen LogP contribution in [0.25, 0.3) is 0 Å². The minimum absolute atomic E-state index is 0.261. The molecule has 0 saturated heterocycles. The molecular weight excluding hydrogens is 268 g/mol. The predicted molar refractivity (Wildman–Crippen MR) is 77.3 cm³/mol. The molecular formula is C15H16N4O2. The Bertz CT molecular complexity index is 697. The smallest absolute Gasteiger partial charge is 0.253 e. The lowest BCUT2D eigenvalue weighted by Gasteiger charge is -2.10. The molecule has 0 aliphatic rings. The van der Waals surface area contributed by atoms with Crippen LogP contribution in [-0.4, -0.2) is 22.4 Å². The van der Waals surface area contributed by atoms with Gasteiger partial charge in [0.25, 0.3) is 5.91 Å². The summed E-state index contributed by atoms with van der Waals surface area (Å²) in [6, 6.07) is 1.34. The number of nitrogens with one attached hydrogen (secondary N) is 1. The molecule has 0 spiro atoms. The van der Waals surface area contributed by atoms with E-state index in [0.29, 0.717) is 22.8 Å². The van der Waals surface area contributed by atoms with Crippen molar-refractivity contribution in [3.05, 3.63) is 47.4 Å². The van der Waals surface area contributed by atoms with Crippen LogP contribution >= 0.6 is 0 Å². The van der Waals surface area contributed by atoms with Crippen molar-refractivity contribution in [2.45, 2.75) is 19.9 Å². The summed E-state index contributed by atoms with van der Waals surface area (Å²) in [5.41, 5.74) is 6.39. The van der Waals surface area contributed by atoms with Gasteiger partial charge in [-0.3, -0.25) is 9.78 Å². The summed E-state index contributed by atoms with van der Waals surface area (Å²) in [6.45, 7) is 3.86. The van der Waals surface area contributed by atoms with Crippen molar-refractivity contribution in [3.63, 3.8) is 0 Å². The molecule has 2 aromatic rings. The molecule has 6 heteroatoms. The number of aromatic nitrogens is 2. The van der Waals surface area contributed by atoms with Crippen molar-refractivity contribution >= 4 is 5.91 Å². The van der Waals surface area contributed by atoms with E-state index < -0.39 is 0 Å². The molecule has 0 aliphatic carbocycles. The highest BCUT2D eigenvalue weighted by molar-refractivity contribution is 5.94. The SMILES string of the molecule is Cc1cnc(C(C)NC(=O)c2cncc(C#CCN)c2)o1. The molecule has 2 heterocycles. The van der Waals surface area contributed by atoms with Gasteiger partial charge in [0.05, 0.1) is 18.3 Å². The maximum absolute atomic E-state index is 12.2. The van der Waals surface area contributed by atoms with Gasteiger partial charge in [0.15, 0.2) is 0 Å². The van der Waals surface area contributed by atoms with Crippen LogP contribution in [0, 0.1) is 18.8 Å². The molecule has 2 aromatic heterocycles. The lowest BCUT2D eigenvalue weighted by Crippen LogP contribution is -2.27. The van der Waals surface area contributed by atoms with E-state index >= 15 is 0 Å². The van der Waals surface area contributed by atoms with Crippen molar-refractivity contribution < 1.29 is 9.21 Å². The van der Waals surface area contributed by atoms with Gasteiger partial charge in [-0.15, -0.1) is 0 Å². The number of carbonyl (C=O) groups is 1. The lowest BCUT2D eigenvalue weighted by atomic mass is 10.2. The summed E-state index contributed by atoms with van der Waals surface area (Å²) in [4.78, 5) is 20.3. The van der Waals surface area contributed by atoms with Crippen molar-refractivity contribution in [2.24, 2.45) is 5.73 Å². The van der Waals surface area contributed by atoms with Gasteiger partial charge in [0.1, 0.15) is 11.8 Å². The zero-order valence-corrected chi connectivity index (χ0v) is 11.9. The summed E-state index contributed by atoms with van der Waals surface area (Å²) in [6.07, 6.45) is 4.68. The number of carbonyl (C=O) groups excluding carboxylic acids is 1. The lowest BCUT2D eigenvalue weighted by molar-refractivity contribution is 0.0933. The summed E-state index contributed by atoms with van der Waals surface area (Å²) in [7, 11) is 0. The molecule has 6 nitrogen and oxygen atoms in total. The largest absolute Gasteiger partial charge is 0.444 e. The van der Waals surface area contributed by atoms with E-state index in [9.17, 15) is 4.79 Å². The molecule has 1 amide bonds.